The van der Waals surface area contributed by atoms with Crippen LogP contribution >= 0.6 is 23.6 Å². The molecule has 0 aliphatic heterocycles. The summed E-state index contributed by atoms with van der Waals surface area (Å²) in [4.78, 5) is 4.26. The highest BCUT2D eigenvalue weighted by Crippen LogP contribution is 2.13. The molecule has 2 rings (SSSR count). The molecule has 0 spiro atoms. The van der Waals surface area contributed by atoms with Crippen molar-refractivity contribution < 1.29 is 0 Å². The molecule has 0 radical (unpaired) electrons. The van der Waals surface area contributed by atoms with Gasteiger partial charge in [-0.25, -0.2) is 4.98 Å². The number of nitrogens with one attached hydrogen (secondary N) is 1. The summed E-state index contributed by atoms with van der Waals surface area (Å²) in [6.07, 6.45) is 2.74. The maximum atomic E-state index is 5.21. The largest absolute Gasteiger partial charge is 0.304 e. The molecule has 2 aromatic heterocycles. The van der Waals surface area contributed by atoms with Gasteiger partial charge >= 0.3 is 0 Å². The van der Waals surface area contributed by atoms with Crippen molar-refractivity contribution in [2.75, 3.05) is 0 Å². The van der Waals surface area contributed by atoms with Crippen molar-refractivity contribution in [3.8, 4) is 0 Å². The van der Waals surface area contributed by atoms with Crippen LogP contribution in [0.1, 0.15) is 30.6 Å². The molecule has 0 fully saturated rings. The monoisotopic (exact) mass is 254 g/mol. The zero-order valence-corrected chi connectivity index (χ0v) is 10.9. The van der Waals surface area contributed by atoms with Crippen LogP contribution in [-0.4, -0.2) is 19.7 Å². The van der Waals surface area contributed by atoms with Crippen molar-refractivity contribution >= 4 is 23.6 Å². The first-order valence-corrected chi connectivity index (χ1v) is 6.50. The molecule has 2 heterocycles. The van der Waals surface area contributed by atoms with Gasteiger partial charge in [0.1, 0.15) is 5.82 Å². The highest BCUT2D eigenvalue weighted by Gasteiger charge is 2.10. The molecular weight excluding hydrogens is 240 g/mol. The van der Waals surface area contributed by atoms with Crippen LogP contribution in [0.2, 0.25) is 0 Å². The molecule has 0 aliphatic rings. The highest BCUT2D eigenvalue weighted by molar-refractivity contribution is 7.71. The number of rotatable bonds is 4. The Morgan fingerprint density at radius 2 is 2.38 bits per heavy atom. The Hall–Kier alpha value is -1.01. The molecule has 6 heteroatoms. The Labute approximate surface area is 103 Å². The summed E-state index contributed by atoms with van der Waals surface area (Å²) < 4.78 is 2.75. The third kappa shape index (κ3) is 2.38. The molecule has 2 aromatic rings. The zero-order valence-electron chi connectivity index (χ0n) is 9.30. The van der Waals surface area contributed by atoms with Gasteiger partial charge in [-0.2, -0.15) is 5.10 Å². The minimum Gasteiger partial charge on any atom is -0.304 e. The average molecular weight is 254 g/mol. The number of hydrogen-bond acceptors (Lipinski definition) is 4. The number of nitrogens with zero attached hydrogens (tertiary/aromatic N) is 3. The summed E-state index contributed by atoms with van der Waals surface area (Å²) >= 11 is 6.89. The van der Waals surface area contributed by atoms with Crippen LogP contribution in [0, 0.1) is 4.77 Å². The van der Waals surface area contributed by atoms with E-state index in [2.05, 4.69) is 33.6 Å². The van der Waals surface area contributed by atoms with Gasteiger partial charge in [-0.05, 0) is 12.2 Å². The van der Waals surface area contributed by atoms with E-state index in [0.717, 1.165) is 23.8 Å². The summed E-state index contributed by atoms with van der Waals surface area (Å²) in [5.41, 5.74) is 0. The van der Waals surface area contributed by atoms with Crippen LogP contribution in [0.15, 0.2) is 11.6 Å². The Kier molecular flexibility index (Phi) is 3.50. The lowest BCUT2D eigenvalue weighted by Gasteiger charge is -2.07. The fourth-order valence-electron chi connectivity index (χ4n) is 1.57. The van der Waals surface area contributed by atoms with Crippen LogP contribution < -0.4 is 0 Å². The predicted molar refractivity (Wildman–Crippen MR) is 67.3 cm³/mol. The molecule has 1 N–H and O–H groups in total. The smallest absolute Gasteiger partial charge is 0.195 e. The predicted octanol–water partition coefficient (Wildman–Crippen LogP) is 2.76. The lowest BCUT2D eigenvalue weighted by molar-refractivity contribution is 0.613. The third-order valence-corrected chi connectivity index (χ3v) is 3.49. The molecule has 0 saturated heterocycles. The number of aromatic amines is 1. The average Bonchev–Trinajstić information content (AvgIpc) is 2.84. The topological polar surface area (TPSA) is 46.5 Å². The number of thiazole rings is 1. The summed E-state index contributed by atoms with van der Waals surface area (Å²) in [5, 5.41) is 10.2. The van der Waals surface area contributed by atoms with Gasteiger partial charge in [0.2, 0.25) is 0 Å². The van der Waals surface area contributed by atoms with Crippen LogP contribution in [0.3, 0.4) is 0 Å². The van der Waals surface area contributed by atoms with E-state index in [0.29, 0.717) is 10.7 Å². The van der Waals surface area contributed by atoms with Gasteiger partial charge in [-0.3, -0.25) is 5.10 Å². The van der Waals surface area contributed by atoms with Gasteiger partial charge in [-0.1, -0.05) is 13.8 Å². The lowest BCUT2D eigenvalue weighted by atomic mass is 10.2. The summed E-state index contributed by atoms with van der Waals surface area (Å²) in [7, 11) is 0. The van der Waals surface area contributed by atoms with E-state index in [1.807, 2.05) is 11.6 Å². The van der Waals surface area contributed by atoms with Gasteiger partial charge in [0.15, 0.2) is 4.77 Å². The second kappa shape index (κ2) is 4.88. The fraction of sp³-hybridized carbons (Fsp3) is 0.500. The van der Waals surface area contributed by atoms with Gasteiger partial charge in [0, 0.05) is 30.5 Å². The minimum atomic E-state index is 0.379. The molecule has 86 valence electrons. The minimum absolute atomic E-state index is 0.379. The molecule has 0 bridgehead atoms. The molecule has 0 atom stereocenters. The quantitative estimate of drug-likeness (QED) is 0.853. The van der Waals surface area contributed by atoms with Crippen LogP contribution in [0.4, 0.5) is 0 Å². The number of aromatic nitrogens is 4. The summed E-state index contributed by atoms with van der Waals surface area (Å²) in [5.74, 6) is 1.39. The van der Waals surface area contributed by atoms with Crippen molar-refractivity contribution in [1.82, 2.24) is 19.7 Å². The molecule has 0 unspecified atom stereocenters. The second-order valence-corrected chi connectivity index (χ2v) is 5.23. The van der Waals surface area contributed by atoms with E-state index in [1.165, 1.54) is 0 Å². The van der Waals surface area contributed by atoms with Crippen molar-refractivity contribution in [3.63, 3.8) is 0 Å². The van der Waals surface area contributed by atoms with E-state index in [1.54, 1.807) is 11.3 Å². The van der Waals surface area contributed by atoms with Crippen molar-refractivity contribution in [2.24, 2.45) is 0 Å². The van der Waals surface area contributed by atoms with Gasteiger partial charge in [-0.15, -0.1) is 11.3 Å². The van der Waals surface area contributed by atoms with E-state index in [9.17, 15) is 0 Å². The van der Waals surface area contributed by atoms with E-state index >= 15 is 0 Å². The second-order valence-electron chi connectivity index (χ2n) is 3.87. The number of H-pyrrole nitrogens is 1. The maximum Gasteiger partial charge on any atom is 0.195 e. The zero-order chi connectivity index (χ0) is 11.5. The molecular formula is C10H14N4S2. The Morgan fingerprint density at radius 1 is 1.56 bits per heavy atom. The Balaban J connectivity index is 2.14. The Morgan fingerprint density at radius 3 is 3.00 bits per heavy atom. The van der Waals surface area contributed by atoms with E-state index in [-0.39, 0.29) is 0 Å². The fourth-order valence-corrected chi connectivity index (χ4v) is 2.41. The number of aryl methyl sites for hydroxylation is 1. The molecule has 4 nitrogen and oxygen atoms in total. The molecule has 0 aliphatic carbocycles. The molecule has 0 aromatic carbocycles. The van der Waals surface area contributed by atoms with E-state index < -0.39 is 0 Å². The molecule has 0 amide bonds. The summed E-state index contributed by atoms with van der Waals surface area (Å²) in [6, 6.07) is 0. The van der Waals surface area contributed by atoms with Gasteiger partial charge in [0.05, 0.1) is 5.01 Å². The van der Waals surface area contributed by atoms with Crippen molar-refractivity contribution in [3.05, 3.63) is 27.2 Å². The molecule has 0 saturated carbocycles. The van der Waals surface area contributed by atoms with E-state index in [4.69, 9.17) is 12.2 Å². The third-order valence-electron chi connectivity index (χ3n) is 2.34. The first-order chi connectivity index (χ1) is 7.68. The molecule has 16 heavy (non-hydrogen) atoms. The van der Waals surface area contributed by atoms with Crippen molar-refractivity contribution in [1.29, 1.82) is 0 Å². The first-order valence-electron chi connectivity index (χ1n) is 5.22. The normalized spacial score (nSPS) is 11.2. The van der Waals surface area contributed by atoms with Gasteiger partial charge in [0.25, 0.3) is 0 Å². The highest BCUT2D eigenvalue weighted by atomic mass is 32.1. The summed E-state index contributed by atoms with van der Waals surface area (Å²) in [6.45, 7) is 5.08. The van der Waals surface area contributed by atoms with Crippen LogP contribution in [0.25, 0.3) is 0 Å². The lowest BCUT2D eigenvalue weighted by Crippen LogP contribution is -2.07. The SMILES string of the molecule is CC(C)c1n[nH]c(=S)n1CCc1nccs1. The standard InChI is InChI=1S/C10H14N4S2/c1-7(2)9-12-13-10(15)14(9)5-3-8-11-4-6-16-8/h4,6-7H,3,5H2,1-2H3,(H,13,15). The first kappa shape index (κ1) is 11.5. The number of hydrogen-bond donors (Lipinski definition) is 1. The maximum absolute atomic E-state index is 5.21. The Bertz CT molecular complexity index is 495. The van der Waals surface area contributed by atoms with Gasteiger partial charge < -0.3 is 4.57 Å². The van der Waals surface area contributed by atoms with Crippen LogP contribution in [0.5, 0.6) is 0 Å². The van der Waals surface area contributed by atoms with Crippen LogP contribution in [-0.2, 0) is 13.0 Å². The van der Waals surface area contributed by atoms with Crippen molar-refractivity contribution in [2.45, 2.75) is 32.7 Å².